The molecule has 0 aliphatic heterocycles. The third-order valence-electron chi connectivity index (χ3n) is 2.68. The van der Waals surface area contributed by atoms with Crippen LogP contribution in [0.25, 0.3) is 0 Å². The average molecular weight is 308 g/mol. The molecule has 5 heteroatoms. The summed E-state index contributed by atoms with van der Waals surface area (Å²) < 4.78 is 32.3. The smallest absolute Gasteiger partial charge is 0.165 e. The fourth-order valence-electron chi connectivity index (χ4n) is 1.66. The van der Waals surface area contributed by atoms with Gasteiger partial charge in [0.15, 0.2) is 11.6 Å². The van der Waals surface area contributed by atoms with E-state index in [1.165, 1.54) is 30.3 Å². The summed E-state index contributed by atoms with van der Waals surface area (Å²) in [5.74, 6) is 4.41. The molecular formula is C16H12ClF2NO. The third kappa shape index (κ3) is 3.94. The SMILES string of the molecule is NCC#Cc1ccc(F)c(OCc2cccc(F)c2Cl)c1. The first kappa shape index (κ1) is 15.3. The summed E-state index contributed by atoms with van der Waals surface area (Å²) in [5.41, 5.74) is 6.31. The highest BCUT2D eigenvalue weighted by molar-refractivity contribution is 6.31. The Labute approximate surface area is 126 Å². The number of hydrogen-bond donors (Lipinski definition) is 1. The molecule has 0 aromatic heterocycles. The third-order valence-corrected chi connectivity index (χ3v) is 3.10. The monoisotopic (exact) mass is 307 g/mol. The molecule has 2 nitrogen and oxygen atoms in total. The summed E-state index contributed by atoms with van der Waals surface area (Å²) >= 11 is 5.81. The van der Waals surface area contributed by atoms with Gasteiger partial charge in [0.2, 0.25) is 0 Å². The minimum absolute atomic E-state index is 0.0270. The number of hydrogen-bond acceptors (Lipinski definition) is 2. The zero-order valence-corrected chi connectivity index (χ0v) is 11.8. The van der Waals surface area contributed by atoms with Crippen LogP contribution in [0, 0.1) is 23.5 Å². The van der Waals surface area contributed by atoms with E-state index in [0.29, 0.717) is 11.1 Å². The molecular weight excluding hydrogens is 296 g/mol. The van der Waals surface area contributed by atoms with Crippen LogP contribution in [-0.4, -0.2) is 6.54 Å². The van der Waals surface area contributed by atoms with E-state index in [2.05, 4.69) is 11.8 Å². The van der Waals surface area contributed by atoms with Crippen molar-refractivity contribution in [1.29, 1.82) is 0 Å². The van der Waals surface area contributed by atoms with Crippen molar-refractivity contribution in [2.45, 2.75) is 6.61 Å². The molecule has 2 aromatic rings. The van der Waals surface area contributed by atoms with Crippen molar-refractivity contribution in [3.63, 3.8) is 0 Å². The topological polar surface area (TPSA) is 35.2 Å². The Morgan fingerprint density at radius 2 is 1.95 bits per heavy atom. The predicted molar refractivity (Wildman–Crippen MR) is 78.1 cm³/mol. The van der Waals surface area contributed by atoms with E-state index in [1.807, 2.05) is 0 Å². The molecule has 2 N–H and O–H groups in total. The average Bonchev–Trinajstić information content (AvgIpc) is 2.49. The van der Waals surface area contributed by atoms with Crippen LogP contribution in [0.5, 0.6) is 5.75 Å². The molecule has 0 saturated heterocycles. The Morgan fingerprint density at radius 3 is 2.71 bits per heavy atom. The summed E-state index contributed by atoms with van der Waals surface area (Å²) in [5, 5.41) is -0.0306. The van der Waals surface area contributed by atoms with Gasteiger partial charge in [0, 0.05) is 11.1 Å². The Balaban J connectivity index is 2.17. The Hall–Kier alpha value is -2.09. The van der Waals surface area contributed by atoms with Crippen molar-refractivity contribution in [2.75, 3.05) is 6.54 Å². The lowest BCUT2D eigenvalue weighted by atomic mass is 10.2. The summed E-state index contributed by atoms with van der Waals surface area (Å²) in [7, 11) is 0. The minimum Gasteiger partial charge on any atom is -0.486 e. The van der Waals surface area contributed by atoms with Gasteiger partial charge in [-0.05, 0) is 24.3 Å². The number of halogens is 3. The maximum Gasteiger partial charge on any atom is 0.165 e. The van der Waals surface area contributed by atoms with Crippen LogP contribution in [0.15, 0.2) is 36.4 Å². The first-order chi connectivity index (χ1) is 10.1. The first-order valence-corrected chi connectivity index (χ1v) is 6.54. The van der Waals surface area contributed by atoms with Gasteiger partial charge in [0.05, 0.1) is 11.6 Å². The highest BCUT2D eigenvalue weighted by Gasteiger charge is 2.09. The lowest BCUT2D eigenvalue weighted by molar-refractivity contribution is 0.290. The zero-order valence-electron chi connectivity index (χ0n) is 11.0. The van der Waals surface area contributed by atoms with E-state index in [-0.39, 0.29) is 23.9 Å². The predicted octanol–water partition coefficient (Wildman–Crippen LogP) is 3.51. The second-order valence-electron chi connectivity index (χ2n) is 4.15. The van der Waals surface area contributed by atoms with Gasteiger partial charge >= 0.3 is 0 Å². The molecule has 2 aromatic carbocycles. The van der Waals surface area contributed by atoms with E-state index < -0.39 is 11.6 Å². The highest BCUT2D eigenvalue weighted by atomic mass is 35.5. The second kappa shape index (κ2) is 7.07. The molecule has 21 heavy (non-hydrogen) atoms. The van der Waals surface area contributed by atoms with Crippen LogP contribution in [0.1, 0.15) is 11.1 Å². The Morgan fingerprint density at radius 1 is 1.14 bits per heavy atom. The minimum atomic E-state index is -0.541. The zero-order chi connectivity index (χ0) is 15.2. The fourth-order valence-corrected chi connectivity index (χ4v) is 1.84. The Bertz CT molecular complexity index is 707. The van der Waals surface area contributed by atoms with Crippen molar-refractivity contribution in [1.82, 2.24) is 0 Å². The fraction of sp³-hybridized carbons (Fsp3) is 0.125. The quantitative estimate of drug-likeness (QED) is 0.881. The summed E-state index contributed by atoms with van der Waals surface area (Å²) in [6.07, 6.45) is 0. The van der Waals surface area contributed by atoms with E-state index in [1.54, 1.807) is 6.07 Å². The van der Waals surface area contributed by atoms with Crippen molar-refractivity contribution in [2.24, 2.45) is 5.73 Å². The normalized spacial score (nSPS) is 9.90. The number of benzene rings is 2. The van der Waals surface area contributed by atoms with Crippen LogP contribution >= 0.6 is 11.6 Å². The number of ether oxygens (including phenoxy) is 1. The number of nitrogens with two attached hydrogens (primary N) is 1. The van der Waals surface area contributed by atoms with Crippen molar-refractivity contribution < 1.29 is 13.5 Å². The Kier molecular flexibility index (Phi) is 5.15. The largest absolute Gasteiger partial charge is 0.486 e. The molecule has 0 fully saturated rings. The maximum absolute atomic E-state index is 13.7. The molecule has 0 spiro atoms. The lowest BCUT2D eigenvalue weighted by Crippen LogP contribution is -1.99. The maximum atomic E-state index is 13.7. The van der Waals surface area contributed by atoms with Crippen LogP contribution < -0.4 is 10.5 Å². The molecule has 0 saturated carbocycles. The molecule has 0 radical (unpaired) electrons. The number of rotatable bonds is 3. The highest BCUT2D eigenvalue weighted by Crippen LogP contribution is 2.23. The second-order valence-corrected chi connectivity index (χ2v) is 4.53. The van der Waals surface area contributed by atoms with E-state index >= 15 is 0 Å². The van der Waals surface area contributed by atoms with E-state index in [0.717, 1.165) is 0 Å². The van der Waals surface area contributed by atoms with Crippen LogP contribution in [0.3, 0.4) is 0 Å². The molecule has 0 aliphatic rings. The van der Waals surface area contributed by atoms with Gasteiger partial charge in [-0.15, -0.1) is 0 Å². The van der Waals surface area contributed by atoms with Crippen LogP contribution in [0.4, 0.5) is 8.78 Å². The van der Waals surface area contributed by atoms with Gasteiger partial charge in [-0.25, -0.2) is 8.78 Å². The standard InChI is InChI=1S/C16H12ClF2NO/c17-16-12(4-1-5-14(16)19)10-21-15-9-11(3-2-8-20)6-7-13(15)18/h1,4-7,9H,8,10,20H2. The van der Waals surface area contributed by atoms with Crippen molar-refractivity contribution in [3.8, 4) is 17.6 Å². The molecule has 0 atom stereocenters. The molecule has 0 unspecified atom stereocenters. The van der Waals surface area contributed by atoms with Crippen LogP contribution in [-0.2, 0) is 6.61 Å². The van der Waals surface area contributed by atoms with Gasteiger partial charge in [-0.1, -0.05) is 35.6 Å². The van der Waals surface area contributed by atoms with Gasteiger partial charge in [-0.3, -0.25) is 0 Å². The molecule has 0 bridgehead atoms. The van der Waals surface area contributed by atoms with E-state index in [9.17, 15) is 8.78 Å². The van der Waals surface area contributed by atoms with Crippen molar-refractivity contribution >= 4 is 11.6 Å². The molecule has 108 valence electrons. The summed E-state index contributed by atoms with van der Waals surface area (Å²) in [6, 6.07) is 8.62. The van der Waals surface area contributed by atoms with E-state index in [4.69, 9.17) is 22.1 Å². The lowest BCUT2D eigenvalue weighted by Gasteiger charge is -2.09. The summed E-state index contributed by atoms with van der Waals surface area (Å²) in [6.45, 7) is 0.174. The summed E-state index contributed by atoms with van der Waals surface area (Å²) in [4.78, 5) is 0. The van der Waals surface area contributed by atoms with Crippen molar-refractivity contribution in [3.05, 3.63) is 64.2 Å². The molecule has 0 amide bonds. The first-order valence-electron chi connectivity index (χ1n) is 6.16. The molecule has 0 heterocycles. The van der Waals surface area contributed by atoms with Gasteiger partial charge in [0.1, 0.15) is 12.4 Å². The molecule has 2 rings (SSSR count). The van der Waals surface area contributed by atoms with Crippen LogP contribution in [0.2, 0.25) is 5.02 Å². The van der Waals surface area contributed by atoms with Gasteiger partial charge in [-0.2, -0.15) is 0 Å². The molecule has 0 aliphatic carbocycles. The van der Waals surface area contributed by atoms with Gasteiger partial charge < -0.3 is 10.5 Å². The van der Waals surface area contributed by atoms with Gasteiger partial charge in [0.25, 0.3) is 0 Å².